The van der Waals surface area contributed by atoms with Gasteiger partial charge < -0.3 is 24.0 Å². The highest BCUT2D eigenvalue weighted by Crippen LogP contribution is 2.11. The Morgan fingerprint density at radius 2 is 2.06 bits per heavy atom. The quantitative estimate of drug-likeness (QED) is 0.555. The Morgan fingerprint density at radius 1 is 1.19 bits per heavy atom. The predicted molar refractivity (Wildman–Crippen MR) is 65.6 cm³/mol. The fourth-order valence-electron chi connectivity index (χ4n) is 1.48. The van der Waals surface area contributed by atoms with Crippen molar-refractivity contribution in [1.29, 1.82) is 0 Å². The second-order valence-electron chi connectivity index (χ2n) is 3.26. The number of aryl methyl sites for hydroxylation is 1. The van der Waals surface area contributed by atoms with Gasteiger partial charge in [0.15, 0.2) is 6.20 Å². The largest absolute Gasteiger partial charge is 1.00 e. The molecule has 84 valence electrons. The van der Waals surface area contributed by atoms with Crippen molar-refractivity contribution in [2.75, 3.05) is 0 Å². The van der Waals surface area contributed by atoms with Gasteiger partial charge in [-0.3, -0.25) is 0 Å². The van der Waals surface area contributed by atoms with E-state index in [1.54, 1.807) is 11.3 Å². The summed E-state index contributed by atoms with van der Waals surface area (Å²) < 4.78 is 2.23. The van der Waals surface area contributed by atoms with Crippen LogP contribution in [0.4, 0.5) is 0 Å². The molecule has 0 saturated heterocycles. The lowest BCUT2D eigenvalue weighted by atomic mass is 10.3. The van der Waals surface area contributed by atoms with Crippen LogP contribution in [-0.4, -0.2) is 0 Å². The van der Waals surface area contributed by atoms with Gasteiger partial charge in [-0.25, -0.2) is 0 Å². The van der Waals surface area contributed by atoms with Crippen molar-refractivity contribution in [3.05, 3.63) is 52.5 Å². The van der Waals surface area contributed by atoms with Crippen LogP contribution in [0.1, 0.15) is 17.5 Å². The number of nitrogens with zero attached hydrogens (tertiary/aromatic N) is 1. The van der Waals surface area contributed by atoms with E-state index in [1.165, 1.54) is 10.6 Å². The molecule has 0 aliphatic heterocycles. The highest BCUT2D eigenvalue weighted by molar-refractivity contribution is 7.10. The maximum Gasteiger partial charge on any atom is 0.205 e. The number of pyridine rings is 1. The summed E-state index contributed by atoms with van der Waals surface area (Å²) in [6.07, 6.45) is 6.43. The molecule has 0 aromatic carbocycles. The molecule has 2 rings (SSSR count). The van der Waals surface area contributed by atoms with Gasteiger partial charge in [0.05, 0.1) is 0 Å². The molecule has 0 fully saturated rings. The van der Waals surface area contributed by atoms with Crippen molar-refractivity contribution in [2.24, 2.45) is 0 Å². The number of aromatic nitrogens is 1. The van der Waals surface area contributed by atoms with Crippen molar-refractivity contribution in [2.45, 2.75) is 13.5 Å². The molecule has 0 amide bonds. The number of hydrogen-bond donors (Lipinski definition) is 0. The smallest absolute Gasteiger partial charge is 0.205 e. The van der Waals surface area contributed by atoms with Crippen LogP contribution in [0.5, 0.6) is 0 Å². The molecule has 0 bridgehead atoms. The van der Waals surface area contributed by atoms with Gasteiger partial charge in [0.1, 0.15) is 6.54 Å². The van der Waals surface area contributed by atoms with E-state index < -0.39 is 0 Å². The molecule has 1 nitrogen and oxygen atoms in total. The number of thiophene rings is 1. The zero-order chi connectivity index (χ0) is 10.5. The van der Waals surface area contributed by atoms with Crippen LogP contribution >= 0.6 is 11.3 Å². The minimum atomic E-state index is 0. The minimum absolute atomic E-state index is 0. The Bertz CT molecular complexity index is 449. The van der Waals surface area contributed by atoms with Crippen LogP contribution in [0.2, 0.25) is 0 Å². The van der Waals surface area contributed by atoms with Gasteiger partial charge in [-0.1, -0.05) is 6.07 Å². The molecule has 2 aromatic rings. The van der Waals surface area contributed by atoms with Gasteiger partial charge in [-0.15, -0.1) is 11.3 Å². The molecule has 2 heterocycles. The average Bonchev–Trinajstić information content (AvgIpc) is 2.79. The van der Waals surface area contributed by atoms with Crippen molar-refractivity contribution in [3.63, 3.8) is 0 Å². The Kier molecular flexibility index (Phi) is 5.69. The second-order valence-corrected chi connectivity index (χ2v) is 4.24. The first-order valence-electron chi connectivity index (χ1n) is 5.10. The molecule has 0 unspecified atom stereocenters. The highest BCUT2D eigenvalue weighted by Gasteiger charge is 2.01. The zero-order valence-electron chi connectivity index (χ0n) is 9.14. The fraction of sp³-hybridized carbons (Fsp3) is 0.154. The molecule has 0 spiro atoms. The van der Waals surface area contributed by atoms with E-state index in [4.69, 9.17) is 0 Å². The monoisotopic (exact) mass is 343 g/mol. The summed E-state index contributed by atoms with van der Waals surface area (Å²) in [5.41, 5.74) is 1.24. The van der Waals surface area contributed by atoms with Crippen molar-refractivity contribution < 1.29 is 28.5 Å². The SMILES string of the molecule is CC[n+]1ccccc1/C=C/c1cccs1.[I-]. The molecule has 3 heteroatoms. The van der Waals surface area contributed by atoms with Gasteiger partial charge in [0.25, 0.3) is 0 Å². The van der Waals surface area contributed by atoms with Crippen molar-refractivity contribution in [3.8, 4) is 0 Å². The summed E-state index contributed by atoms with van der Waals surface area (Å²) in [5, 5.41) is 2.10. The summed E-state index contributed by atoms with van der Waals surface area (Å²) >= 11 is 1.76. The first-order chi connectivity index (χ1) is 7.40. The molecule has 16 heavy (non-hydrogen) atoms. The lowest BCUT2D eigenvalue weighted by Gasteiger charge is -1.95. The average molecular weight is 343 g/mol. The Balaban J connectivity index is 0.00000128. The van der Waals surface area contributed by atoms with Crippen LogP contribution in [0.15, 0.2) is 41.9 Å². The Hall–Kier alpha value is -0.680. The Morgan fingerprint density at radius 3 is 2.75 bits per heavy atom. The summed E-state index contributed by atoms with van der Waals surface area (Å²) in [6.45, 7) is 3.16. The fourth-order valence-corrected chi connectivity index (χ4v) is 2.10. The van der Waals surface area contributed by atoms with Crippen LogP contribution in [0.3, 0.4) is 0 Å². The molecule has 2 aromatic heterocycles. The Labute approximate surface area is 117 Å². The molecule has 0 aliphatic carbocycles. The maximum atomic E-state index is 2.23. The van der Waals surface area contributed by atoms with Crippen LogP contribution in [0.25, 0.3) is 12.2 Å². The molecule has 0 aliphatic rings. The van der Waals surface area contributed by atoms with E-state index in [0.717, 1.165) is 6.54 Å². The van der Waals surface area contributed by atoms with E-state index in [0.29, 0.717) is 0 Å². The second kappa shape index (κ2) is 6.81. The summed E-state index contributed by atoms with van der Waals surface area (Å²) in [7, 11) is 0. The predicted octanol–water partition coefficient (Wildman–Crippen LogP) is 0.230. The summed E-state index contributed by atoms with van der Waals surface area (Å²) in [4.78, 5) is 1.29. The third-order valence-electron chi connectivity index (χ3n) is 2.28. The highest BCUT2D eigenvalue weighted by atomic mass is 127. The van der Waals surface area contributed by atoms with Gasteiger partial charge in [-0.2, -0.15) is 4.57 Å². The summed E-state index contributed by atoms with van der Waals surface area (Å²) in [6, 6.07) is 10.5. The molecular weight excluding hydrogens is 329 g/mol. The first-order valence-corrected chi connectivity index (χ1v) is 5.98. The zero-order valence-corrected chi connectivity index (χ0v) is 12.1. The van der Waals surface area contributed by atoms with E-state index in [1.807, 2.05) is 0 Å². The number of halogens is 1. The first kappa shape index (κ1) is 13.4. The van der Waals surface area contributed by atoms with Gasteiger partial charge >= 0.3 is 0 Å². The van der Waals surface area contributed by atoms with E-state index in [-0.39, 0.29) is 24.0 Å². The lowest BCUT2D eigenvalue weighted by Crippen LogP contribution is -3.00. The van der Waals surface area contributed by atoms with E-state index in [2.05, 4.69) is 65.6 Å². The van der Waals surface area contributed by atoms with E-state index >= 15 is 0 Å². The number of rotatable bonds is 3. The van der Waals surface area contributed by atoms with Crippen LogP contribution < -0.4 is 28.5 Å². The lowest BCUT2D eigenvalue weighted by molar-refractivity contribution is -0.695. The molecule has 0 radical (unpaired) electrons. The molecular formula is C13H14INS. The van der Waals surface area contributed by atoms with Crippen molar-refractivity contribution in [1.82, 2.24) is 0 Å². The normalized spacial score (nSPS) is 10.3. The minimum Gasteiger partial charge on any atom is -1.00 e. The maximum absolute atomic E-state index is 2.23. The van der Waals surface area contributed by atoms with Gasteiger partial charge in [0.2, 0.25) is 5.69 Å². The van der Waals surface area contributed by atoms with E-state index in [9.17, 15) is 0 Å². The van der Waals surface area contributed by atoms with Gasteiger partial charge in [-0.05, 0) is 30.5 Å². The van der Waals surface area contributed by atoms with Crippen LogP contribution in [-0.2, 0) is 6.54 Å². The standard InChI is InChI=1S/C13H14NS.HI/c1-2-14-10-4-3-6-12(14)8-9-13-7-5-11-15-13;/h3-11H,2H2,1H3;1H/q+1;/p-1/b9-8+;. The topological polar surface area (TPSA) is 3.88 Å². The third kappa shape index (κ3) is 3.42. The molecule has 0 atom stereocenters. The summed E-state index contributed by atoms with van der Waals surface area (Å²) in [5.74, 6) is 0. The number of hydrogen-bond acceptors (Lipinski definition) is 1. The van der Waals surface area contributed by atoms with Crippen molar-refractivity contribution >= 4 is 23.5 Å². The molecule has 0 N–H and O–H groups in total. The van der Waals surface area contributed by atoms with Gasteiger partial charge in [0, 0.05) is 23.1 Å². The molecule has 0 saturated carbocycles. The third-order valence-corrected chi connectivity index (χ3v) is 3.12. The van der Waals surface area contributed by atoms with Crippen LogP contribution in [0, 0.1) is 0 Å².